The number of halogens is 1. The van der Waals surface area contributed by atoms with Crippen LogP contribution >= 0.6 is 23.1 Å². The summed E-state index contributed by atoms with van der Waals surface area (Å²) < 4.78 is 37.7. The van der Waals surface area contributed by atoms with Gasteiger partial charge >= 0.3 is 5.97 Å². The van der Waals surface area contributed by atoms with Gasteiger partial charge in [0.1, 0.15) is 11.6 Å². The van der Waals surface area contributed by atoms with Gasteiger partial charge in [0.15, 0.2) is 11.5 Å². The molecule has 0 aliphatic heterocycles. The van der Waals surface area contributed by atoms with Crippen molar-refractivity contribution >= 4 is 56.1 Å². The fraction of sp³-hybridized carbons (Fsp3) is 0.136. The molecule has 0 unspecified atom stereocenters. The van der Waals surface area contributed by atoms with Crippen molar-refractivity contribution in [1.29, 1.82) is 5.26 Å². The molecule has 0 saturated carbocycles. The number of aromatic nitrogens is 2. The van der Waals surface area contributed by atoms with Crippen LogP contribution < -0.4 is 14.8 Å². The maximum atomic E-state index is 12.5. The fourth-order valence-corrected chi connectivity index (χ4v) is 4.35. The summed E-state index contributed by atoms with van der Waals surface area (Å²) in [5.74, 6) is -1.35. The van der Waals surface area contributed by atoms with Crippen LogP contribution in [-0.4, -0.2) is 42.5 Å². The van der Waals surface area contributed by atoms with Gasteiger partial charge in [-0.1, -0.05) is 29.8 Å². The van der Waals surface area contributed by atoms with Crippen LogP contribution in [0.15, 0.2) is 53.2 Å². The summed E-state index contributed by atoms with van der Waals surface area (Å²) in [5, 5.41) is 11.3. The summed E-state index contributed by atoms with van der Waals surface area (Å²) in [6.07, 6.45) is 2.17. The second kappa shape index (κ2) is 11.1. The van der Waals surface area contributed by atoms with Crippen molar-refractivity contribution in [2.24, 2.45) is 0 Å². The van der Waals surface area contributed by atoms with Crippen LogP contribution in [0.4, 0.5) is 5.13 Å². The zero-order chi connectivity index (χ0) is 25.6. The van der Waals surface area contributed by atoms with Gasteiger partial charge in [-0.3, -0.25) is 10.1 Å². The third kappa shape index (κ3) is 6.63. The predicted octanol–water partition coefficient (Wildman–Crippen LogP) is 3.76. The first-order valence-electron chi connectivity index (χ1n) is 9.82. The van der Waals surface area contributed by atoms with E-state index in [9.17, 15) is 23.3 Å². The number of esters is 1. The Labute approximate surface area is 209 Å². The lowest BCUT2D eigenvalue weighted by molar-refractivity contribution is -0.112. The van der Waals surface area contributed by atoms with Crippen LogP contribution in [0.3, 0.4) is 0 Å². The summed E-state index contributed by atoms with van der Waals surface area (Å²) in [4.78, 5) is 28.7. The van der Waals surface area contributed by atoms with Crippen molar-refractivity contribution < 1.29 is 27.5 Å². The number of nitrogens with one attached hydrogen (secondary N) is 1. The van der Waals surface area contributed by atoms with Crippen LogP contribution in [-0.2, 0) is 14.6 Å². The zero-order valence-electron chi connectivity index (χ0n) is 18.3. The minimum atomic E-state index is -3.64. The fourth-order valence-electron chi connectivity index (χ4n) is 2.65. The first-order valence-corrected chi connectivity index (χ1v) is 12.9. The molecule has 1 N–H and O–H groups in total. The van der Waals surface area contributed by atoms with Crippen molar-refractivity contribution in [1.82, 2.24) is 9.36 Å². The van der Waals surface area contributed by atoms with Crippen LogP contribution in [0.5, 0.6) is 11.5 Å². The number of ether oxygens (including phenoxy) is 2. The van der Waals surface area contributed by atoms with E-state index in [1.807, 2.05) is 0 Å². The second-order valence-electron chi connectivity index (χ2n) is 6.80. The van der Waals surface area contributed by atoms with Gasteiger partial charge in [0.25, 0.3) is 11.1 Å². The Morgan fingerprint density at radius 1 is 1.26 bits per heavy atom. The molecule has 180 valence electrons. The number of hydrogen-bond acceptors (Lipinski definition) is 10. The molecule has 1 heterocycles. The summed E-state index contributed by atoms with van der Waals surface area (Å²) in [6.45, 7) is 1.95. The third-order valence-electron chi connectivity index (χ3n) is 4.17. The molecule has 0 bridgehead atoms. The van der Waals surface area contributed by atoms with E-state index < -0.39 is 26.9 Å². The number of amides is 1. The van der Waals surface area contributed by atoms with Crippen LogP contribution in [0.1, 0.15) is 22.8 Å². The smallest absolute Gasteiger partial charge is 0.343 e. The Kier molecular flexibility index (Phi) is 8.18. The monoisotopic (exact) mass is 532 g/mol. The van der Waals surface area contributed by atoms with Crippen molar-refractivity contribution in [2.45, 2.75) is 12.1 Å². The number of carbonyl (C=O) groups is 2. The van der Waals surface area contributed by atoms with Gasteiger partial charge in [0, 0.05) is 17.8 Å². The summed E-state index contributed by atoms with van der Waals surface area (Å²) in [5.41, 5.74) is 0.307. The molecule has 0 spiro atoms. The Hall–Kier alpha value is -3.79. The number of sulfone groups is 1. The van der Waals surface area contributed by atoms with Gasteiger partial charge < -0.3 is 9.47 Å². The highest BCUT2D eigenvalue weighted by atomic mass is 35.5. The standard InChI is InChI=1S/C22H17ClN4O6S2/c1-3-32-17-11-13(10-16(23)18(17)33-20(29)14-7-5-4-6-8-14)9-15(12-24)19(28)25-21-26-22(27-34-21)35(2,30)31/h4-11H,3H2,1-2H3,(H,25,26,27,28)/b15-9-. The largest absolute Gasteiger partial charge is 0.490 e. The maximum absolute atomic E-state index is 12.5. The van der Waals surface area contributed by atoms with Gasteiger partial charge in [-0.15, -0.1) is 0 Å². The van der Waals surface area contributed by atoms with Crippen molar-refractivity contribution in [2.75, 3.05) is 18.2 Å². The van der Waals surface area contributed by atoms with E-state index in [0.717, 1.165) is 6.26 Å². The molecule has 1 aromatic heterocycles. The molecule has 3 rings (SSSR count). The first-order chi connectivity index (χ1) is 16.6. The predicted molar refractivity (Wildman–Crippen MR) is 129 cm³/mol. The molecule has 1 amide bonds. The molecule has 10 nitrogen and oxygen atoms in total. The Morgan fingerprint density at radius 3 is 2.57 bits per heavy atom. The number of hydrogen-bond donors (Lipinski definition) is 1. The Bertz CT molecular complexity index is 1450. The van der Waals surface area contributed by atoms with E-state index in [1.54, 1.807) is 43.3 Å². The molecule has 0 atom stereocenters. The van der Waals surface area contributed by atoms with Crippen LogP contribution in [0.25, 0.3) is 6.08 Å². The van der Waals surface area contributed by atoms with E-state index in [4.69, 9.17) is 21.1 Å². The van der Waals surface area contributed by atoms with Crippen molar-refractivity contribution in [3.05, 3.63) is 64.2 Å². The molecule has 35 heavy (non-hydrogen) atoms. The summed E-state index contributed by atoms with van der Waals surface area (Å²) >= 11 is 7.00. The second-order valence-corrected chi connectivity index (χ2v) is 9.87. The number of rotatable bonds is 8. The highest BCUT2D eigenvalue weighted by molar-refractivity contribution is 7.90. The lowest BCUT2D eigenvalue weighted by atomic mass is 10.1. The minimum absolute atomic E-state index is 0.00959. The molecular weight excluding hydrogens is 516 g/mol. The highest BCUT2D eigenvalue weighted by Crippen LogP contribution is 2.38. The number of benzene rings is 2. The van der Waals surface area contributed by atoms with Gasteiger partial charge in [-0.2, -0.15) is 14.6 Å². The van der Waals surface area contributed by atoms with E-state index in [2.05, 4.69) is 14.7 Å². The van der Waals surface area contributed by atoms with E-state index in [-0.39, 0.29) is 33.8 Å². The number of carbonyl (C=O) groups excluding carboxylic acids is 2. The van der Waals surface area contributed by atoms with E-state index in [1.165, 1.54) is 18.2 Å². The Balaban J connectivity index is 1.88. The van der Waals surface area contributed by atoms with Gasteiger partial charge in [0.2, 0.25) is 15.0 Å². The van der Waals surface area contributed by atoms with Crippen LogP contribution in [0, 0.1) is 11.3 Å². The quantitative estimate of drug-likeness (QED) is 0.198. The topological polar surface area (TPSA) is 148 Å². The molecule has 2 aromatic carbocycles. The lowest BCUT2D eigenvalue weighted by Crippen LogP contribution is -2.13. The number of anilines is 1. The van der Waals surface area contributed by atoms with Gasteiger partial charge in [-0.05, 0) is 42.8 Å². The van der Waals surface area contributed by atoms with Crippen molar-refractivity contribution in [3.8, 4) is 17.6 Å². The summed E-state index contributed by atoms with van der Waals surface area (Å²) in [6, 6.07) is 12.9. The molecule has 0 aliphatic carbocycles. The maximum Gasteiger partial charge on any atom is 0.343 e. The molecule has 0 fully saturated rings. The lowest BCUT2D eigenvalue weighted by Gasteiger charge is -2.13. The highest BCUT2D eigenvalue weighted by Gasteiger charge is 2.20. The van der Waals surface area contributed by atoms with Gasteiger partial charge in [0.05, 0.1) is 17.2 Å². The number of nitrogens with zero attached hydrogens (tertiary/aromatic N) is 3. The third-order valence-corrected chi connectivity index (χ3v) is 6.04. The van der Waals surface area contributed by atoms with E-state index in [0.29, 0.717) is 22.7 Å². The van der Waals surface area contributed by atoms with Crippen LogP contribution in [0.2, 0.25) is 5.02 Å². The first kappa shape index (κ1) is 25.8. The minimum Gasteiger partial charge on any atom is -0.490 e. The normalized spacial score (nSPS) is 11.4. The van der Waals surface area contributed by atoms with Crippen molar-refractivity contribution in [3.63, 3.8) is 0 Å². The van der Waals surface area contributed by atoms with E-state index >= 15 is 0 Å². The molecule has 0 aliphatic rings. The molecule has 3 aromatic rings. The average Bonchev–Trinajstić information content (AvgIpc) is 3.29. The molecule has 0 radical (unpaired) electrons. The number of nitriles is 1. The molecule has 13 heteroatoms. The molecule has 0 saturated heterocycles. The zero-order valence-corrected chi connectivity index (χ0v) is 20.7. The Morgan fingerprint density at radius 2 is 1.97 bits per heavy atom. The molecular formula is C22H17ClN4O6S2. The van der Waals surface area contributed by atoms with Gasteiger partial charge in [-0.25, -0.2) is 13.2 Å². The SMILES string of the molecule is CCOc1cc(/C=C(/C#N)C(=O)Nc2nc(S(C)(=O)=O)ns2)cc(Cl)c1OC(=O)c1ccccc1. The average molecular weight is 533 g/mol. The summed E-state index contributed by atoms with van der Waals surface area (Å²) in [7, 11) is -3.64.